The summed E-state index contributed by atoms with van der Waals surface area (Å²) in [5.41, 5.74) is 1.56. The van der Waals surface area contributed by atoms with Crippen LogP contribution in [-0.4, -0.2) is 9.97 Å². The first-order valence-electron chi connectivity index (χ1n) is 4.97. The van der Waals surface area contributed by atoms with Crippen LogP contribution in [0.3, 0.4) is 0 Å². The molecule has 0 aliphatic carbocycles. The van der Waals surface area contributed by atoms with Gasteiger partial charge in [0, 0.05) is 17.6 Å². The summed E-state index contributed by atoms with van der Waals surface area (Å²) in [5.74, 6) is 0. The van der Waals surface area contributed by atoms with Gasteiger partial charge in [0.1, 0.15) is 5.65 Å². The van der Waals surface area contributed by atoms with E-state index in [0.717, 1.165) is 10.9 Å². The van der Waals surface area contributed by atoms with Crippen molar-refractivity contribution < 1.29 is 0 Å². The van der Waals surface area contributed by atoms with Crippen LogP contribution in [0.1, 0.15) is 26.3 Å². The normalized spacial score (nSPS) is 11.9. The molecule has 0 atom stereocenters. The monoisotopic (exact) mass is 202 g/mol. The first-order valence-corrected chi connectivity index (χ1v) is 4.97. The minimum absolute atomic E-state index is 0.0461. The molecule has 1 N–H and O–H groups in total. The van der Waals surface area contributed by atoms with E-state index in [4.69, 9.17) is 0 Å². The fourth-order valence-corrected chi connectivity index (χ4v) is 1.70. The highest BCUT2D eigenvalue weighted by Crippen LogP contribution is 2.26. The Labute approximate surface area is 88.2 Å². The van der Waals surface area contributed by atoms with Crippen molar-refractivity contribution in [2.45, 2.75) is 26.2 Å². The highest BCUT2D eigenvalue weighted by Gasteiger charge is 2.17. The third-order valence-electron chi connectivity index (χ3n) is 2.42. The van der Waals surface area contributed by atoms with Gasteiger partial charge in [-0.15, -0.1) is 0 Å². The predicted octanol–water partition coefficient (Wildman–Crippen LogP) is 2.22. The van der Waals surface area contributed by atoms with Crippen LogP contribution in [0, 0.1) is 0 Å². The lowest BCUT2D eigenvalue weighted by molar-refractivity contribution is 0.594. The molecule has 0 bridgehead atoms. The number of nitrogens with one attached hydrogen (secondary N) is 1. The average Bonchev–Trinajstić information content (AvgIpc) is 2.15. The molecule has 0 amide bonds. The van der Waals surface area contributed by atoms with Crippen LogP contribution in [0.2, 0.25) is 0 Å². The lowest BCUT2D eigenvalue weighted by atomic mass is 9.85. The zero-order chi connectivity index (χ0) is 11.1. The Bertz CT molecular complexity index is 549. The molecular formula is C12H14N2O. The van der Waals surface area contributed by atoms with E-state index >= 15 is 0 Å². The smallest absolute Gasteiger partial charge is 0.249 e. The molecule has 2 aromatic heterocycles. The summed E-state index contributed by atoms with van der Waals surface area (Å²) in [6.07, 6.45) is 1.69. The molecule has 3 nitrogen and oxygen atoms in total. The fourth-order valence-electron chi connectivity index (χ4n) is 1.70. The van der Waals surface area contributed by atoms with Gasteiger partial charge in [-0.1, -0.05) is 20.8 Å². The summed E-state index contributed by atoms with van der Waals surface area (Å²) >= 11 is 0. The zero-order valence-electron chi connectivity index (χ0n) is 9.16. The summed E-state index contributed by atoms with van der Waals surface area (Å²) in [5, 5.41) is 1.02. The molecule has 78 valence electrons. The number of nitrogens with zero attached hydrogens (tertiary/aromatic N) is 1. The van der Waals surface area contributed by atoms with Crippen molar-refractivity contribution in [1.29, 1.82) is 0 Å². The molecule has 15 heavy (non-hydrogen) atoms. The van der Waals surface area contributed by atoms with E-state index in [-0.39, 0.29) is 11.0 Å². The summed E-state index contributed by atoms with van der Waals surface area (Å²) in [6, 6.07) is 5.53. The maximum absolute atomic E-state index is 11.5. The molecule has 2 heterocycles. The molecule has 0 unspecified atom stereocenters. The van der Waals surface area contributed by atoms with Crippen LogP contribution in [0.4, 0.5) is 0 Å². The van der Waals surface area contributed by atoms with Crippen molar-refractivity contribution >= 4 is 11.0 Å². The molecule has 0 saturated carbocycles. The van der Waals surface area contributed by atoms with E-state index in [1.54, 1.807) is 12.3 Å². The Hall–Kier alpha value is -1.64. The number of H-pyrrole nitrogens is 1. The van der Waals surface area contributed by atoms with Crippen LogP contribution in [-0.2, 0) is 5.41 Å². The summed E-state index contributed by atoms with van der Waals surface area (Å²) in [4.78, 5) is 18.4. The van der Waals surface area contributed by atoms with E-state index in [1.807, 2.05) is 12.1 Å². The van der Waals surface area contributed by atoms with E-state index < -0.39 is 0 Å². The maximum atomic E-state index is 11.5. The number of hydrogen-bond acceptors (Lipinski definition) is 2. The van der Waals surface area contributed by atoms with Gasteiger partial charge in [-0.05, 0) is 23.1 Å². The van der Waals surface area contributed by atoms with E-state index in [0.29, 0.717) is 5.65 Å². The Balaban J connectivity index is 2.89. The van der Waals surface area contributed by atoms with Crippen LogP contribution < -0.4 is 5.56 Å². The van der Waals surface area contributed by atoms with Crippen molar-refractivity contribution in [3.63, 3.8) is 0 Å². The van der Waals surface area contributed by atoms with Gasteiger partial charge in [0.05, 0.1) is 0 Å². The first kappa shape index (κ1) is 9.90. The van der Waals surface area contributed by atoms with Crippen molar-refractivity contribution in [2.24, 2.45) is 0 Å². The van der Waals surface area contributed by atoms with Crippen molar-refractivity contribution in [3.8, 4) is 0 Å². The molecule has 0 radical (unpaired) electrons. The minimum atomic E-state index is -0.0916. The molecule has 0 aliphatic rings. The Morgan fingerprint density at radius 3 is 2.73 bits per heavy atom. The number of hydrogen-bond donors (Lipinski definition) is 1. The van der Waals surface area contributed by atoms with Crippen LogP contribution >= 0.6 is 0 Å². The summed E-state index contributed by atoms with van der Waals surface area (Å²) < 4.78 is 0. The summed E-state index contributed by atoms with van der Waals surface area (Å²) in [7, 11) is 0. The van der Waals surface area contributed by atoms with Gasteiger partial charge in [0.25, 0.3) is 0 Å². The maximum Gasteiger partial charge on any atom is 0.249 e. The molecule has 2 aromatic rings. The number of rotatable bonds is 0. The Kier molecular flexibility index (Phi) is 2.11. The number of fused-ring (bicyclic) bond motifs is 1. The number of aromatic nitrogens is 2. The second-order valence-electron chi connectivity index (χ2n) is 4.70. The van der Waals surface area contributed by atoms with Gasteiger partial charge in [-0.2, -0.15) is 0 Å². The summed E-state index contributed by atoms with van der Waals surface area (Å²) in [6.45, 7) is 6.27. The zero-order valence-corrected chi connectivity index (χ0v) is 9.16. The van der Waals surface area contributed by atoms with E-state index in [2.05, 4.69) is 30.7 Å². The Morgan fingerprint density at radius 2 is 2.07 bits per heavy atom. The van der Waals surface area contributed by atoms with Gasteiger partial charge in [0.15, 0.2) is 0 Å². The standard InChI is InChI=1S/C12H14N2O/c1-12(2,3)9-7-10(15)14-11-8(9)5-4-6-13-11/h4-7H,1-3H3,(H,13,14,15). The van der Waals surface area contributed by atoms with Gasteiger partial charge < -0.3 is 4.98 Å². The highest BCUT2D eigenvalue weighted by molar-refractivity contribution is 5.79. The van der Waals surface area contributed by atoms with Gasteiger partial charge >= 0.3 is 0 Å². The van der Waals surface area contributed by atoms with Crippen LogP contribution in [0.15, 0.2) is 29.2 Å². The predicted molar refractivity (Wildman–Crippen MR) is 61.1 cm³/mol. The van der Waals surface area contributed by atoms with E-state index in [9.17, 15) is 4.79 Å². The first-order chi connectivity index (χ1) is 6.98. The molecule has 0 spiro atoms. The lowest BCUT2D eigenvalue weighted by Crippen LogP contribution is -2.17. The Morgan fingerprint density at radius 1 is 1.33 bits per heavy atom. The van der Waals surface area contributed by atoms with Gasteiger partial charge in [0.2, 0.25) is 5.56 Å². The van der Waals surface area contributed by atoms with E-state index in [1.165, 1.54) is 0 Å². The second-order valence-corrected chi connectivity index (χ2v) is 4.70. The molecule has 0 fully saturated rings. The largest absolute Gasteiger partial charge is 0.307 e. The molecule has 0 saturated heterocycles. The number of pyridine rings is 2. The van der Waals surface area contributed by atoms with Crippen LogP contribution in [0.25, 0.3) is 11.0 Å². The second kappa shape index (κ2) is 3.19. The van der Waals surface area contributed by atoms with Gasteiger partial charge in [-0.25, -0.2) is 4.98 Å². The highest BCUT2D eigenvalue weighted by atomic mass is 16.1. The fraction of sp³-hybridized carbons (Fsp3) is 0.333. The molecule has 0 aliphatic heterocycles. The molecule has 3 heteroatoms. The van der Waals surface area contributed by atoms with Crippen molar-refractivity contribution in [1.82, 2.24) is 9.97 Å². The number of aromatic amines is 1. The molecule has 2 rings (SSSR count). The van der Waals surface area contributed by atoms with Crippen molar-refractivity contribution in [2.75, 3.05) is 0 Å². The quantitative estimate of drug-likeness (QED) is 0.712. The third kappa shape index (κ3) is 1.77. The SMILES string of the molecule is CC(C)(C)c1cc(=O)[nH]c2ncccc12. The van der Waals surface area contributed by atoms with Gasteiger partial charge in [-0.3, -0.25) is 4.79 Å². The molecular weight excluding hydrogens is 188 g/mol. The van der Waals surface area contributed by atoms with Crippen molar-refractivity contribution in [3.05, 3.63) is 40.3 Å². The molecule has 0 aromatic carbocycles. The lowest BCUT2D eigenvalue weighted by Gasteiger charge is -2.20. The van der Waals surface area contributed by atoms with Crippen LogP contribution in [0.5, 0.6) is 0 Å². The topological polar surface area (TPSA) is 45.8 Å². The minimum Gasteiger partial charge on any atom is -0.307 e. The third-order valence-corrected chi connectivity index (χ3v) is 2.42. The average molecular weight is 202 g/mol.